The topological polar surface area (TPSA) is 84.9 Å². The standard InChI is InChI=1S/C11H10ClNO5/c12-9-2-1-6(3-8(9)10(14)15)17-5-7-4-13-11(16)18-7/h1-3,7H,4-5H2,(H,13,16)(H,14,15). The summed E-state index contributed by atoms with van der Waals surface area (Å²) in [5.41, 5.74) is -0.0318. The van der Waals surface area contributed by atoms with Crippen LogP contribution in [-0.4, -0.2) is 36.4 Å². The Labute approximate surface area is 107 Å². The molecule has 1 atom stereocenters. The van der Waals surface area contributed by atoms with Crippen LogP contribution in [0.3, 0.4) is 0 Å². The zero-order chi connectivity index (χ0) is 13.1. The normalized spacial score (nSPS) is 18.1. The van der Waals surface area contributed by atoms with Gasteiger partial charge in [-0.15, -0.1) is 0 Å². The second-order valence-electron chi connectivity index (χ2n) is 3.67. The highest BCUT2D eigenvalue weighted by molar-refractivity contribution is 6.33. The van der Waals surface area contributed by atoms with Crippen molar-refractivity contribution < 1.29 is 24.2 Å². The Balaban J connectivity index is 1.99. The van der Waals surface area contributed by atoms with Crippen LogP contribution in [-0.2, 0) is 4.74 Å². The molecule has 1 aliphatic rings. The van der Waals surface area contributed by atoms with Crippen molar-refractivity contribution in [3.8, 4) is 5.75 Å². The van der Waals surface area contributed by atoms with Crippen molar-refractivity contribution in [2.45, 2.75) is 6.10 Å². The van der Waals surface area contributed by atoms with E-state index in [-0.39, 0.29) is 23.3 Å². The van der Waals surface area contributed by atoms with E-state index in [9.17, 15) is 9.59 Å². The zero-order valence-corrected chi connectivity index (χ0v) is 9.94. The van der Waals surface area contributed by atoms with Crippen LogP contribution in [0.5, 0.6) is 5.75 Å². The van der Waals surface area contributed by atoms with Crippen LogP contribution >= 0.6 is 11.6 Å². The van der Waals surface area contributed by atoms with Gasteiger partial charge < -0.3 is 19.9 Å². The summed E-state index contributed by atoms with van der Waals surface area (Å²) in [6.07, 6.45) is -0.854. The van der Waals surface area contributed by atoms with E-state index >= 15 is 0 Å². The smallest absolute Gasteiger partial charge is 0.407 e. The number of halogens is 1. The number of hydrogen-bond donors (Lipinski definition) is 2. The molecule has 1 saturated heterocycles. The van der Waals surface area contributed by atoms with Gasteiger partial charge in [0.05, 0.1) is 17.1 Å². The number of carbonyl (C=O) groups is 2. The van der Waals surface area contributed by atoms with E-state index in [2.05, 4.69) is 5.32 Å². The minimum atomic E-state index is -1.13. The van der Waals surface area contributed by atoms with Crippen molar-refractivity contribution in [3.63, 3.8) is 0 Å². The Bertz CT molecular complexity index is 490. The number of cyclic esters (lactones) is 1. The fraction of sp³-hybridized carbons (Fsp3) is 0.273. The molecule has 1 aromatic rings. The van der Waals surface area contributed by atoms with Crippen LogP contribution in [0.4, 0.5) is 4.79 Å². The van der Waals surface area contributed by atoms with Gasteiger partial charge in [-0.2, -0.15) is 0 Å². The Morgan fingerprint density at radius 2 is 2.39 bits per heavy atom. The molecule has 1 aromatic carbocycles. The summed E-state index contributed by atoms with van der Waals surface area (Å²) in [5.74, 6) is -0.765. The quantitative estimate of drug-likeness (QED) is 0.867. The molecule has 0 aliphatic carbocycles. The number of ether oxygens (including phenoxy) is 2. The summed E-state index contributed by atoms with van der Waals surface area (Å²) < 4.78 is 10.2. The molecule has 1 amide bonds. The second kappa shape index (κ2) is 5.14. The lowest BCUT2D eigenvalue weighted by Gasteiger charge is -2.11. The summed E-state index contributed by atoms with van der Waals surface area (Å²) in [6.45, 7) is 0.525. The van der Waals surface area contributed by atoms with Crippen molar-refractivity contribution in [1.82, 2.24) is 5.32 Å². The minimum absolute atomic E-state index is 0.0318. The van der Waals surface area contributed by atoms with E-state index in [1.54, 1.807) is 6.07 Å². The minimum Gasteiger partial charge on any atom is -0.490 e. The van der Waals surface area contributed by atoms with Crippen molar-refractivity contribution >= 4 is 23.7 Å². The molecular formula is C11H10ClNO5. The predicted molar refractivity (Wildman–Crippen MR) is 62.2 cm³/mol. The third kappa shape index (κ3) is 2.84. The number of hydrogen-bond acceptors (Lipinski definition) is 4. The van der Waals surface area contributed by atoms with Gasteiger partial charge >= 0.3 is 12.1 Å². The highest BCUT2D eigenvalue weighted by Crippen LogP contribution is 2.22. The first-order chi connectivity index (χ1) is 8.56. The number of amides is 1. The third-order valence-electron chi connectivity index (χ3n) is 2.35. The van der Waals surface area contributed by atoms with E-state index in [4.69, 9.17) is 26.2 Å². The number of nitrogens with one attached hydrogen (secondary N) is 1. The molecule has 96 valence electrons. The molecule has 0 bridgehead atoms. The summed E-state index contributed by atoms with van der Waals surface area (Å²) >= 11 is 5.72. The average Bonchev–Trinajstić information content (AvgIpc) is 2.74. The van der Waals surface area contributed by atoms with Gasteiger partial charge in [-0.25, -0.2) is 9.59 Å². The highest BCUT2D eigenvalue weighted by Gasteiger charge is 2.23. The zero-order valence-electron chi connectivity index (χ0n) is 9.18. The van der Waals surface area contributed by atoms with Gasteiger partial charge in [0.25, 0.3) is 0 Å². The van der Waals surface area contributed by atoms with Crippen LogP contribution in [0, 0.1) is 0 Å². The monoisotopic (exact) mass is 271 g/mol. The van der Waals surface area contributed by atoms with Crippen LogP contribution in [0.2, 0.25) is 5.02 Å². The SMILES string of the molecule is O=C1NCC(COc2ccc(Cl)c(C(=O)O)c2)O1. The van der Waals surface area contributed by atoms with Crippen LogP contribution in [0.1, 0.15) is 10.4 Å². The first-order valence-electron chi connectivity index (χ1n) is 5.16. The van der Waals surface area contributed by atoms with Gasteiger partial charge in [0.2, 0.25) is 0 Å². The summed E-state index contributed by atoms with van der Waals surface area (Å²) in [4.78, 5) is 21.6. The number of alkyl carbamates (subject to hydrolysis) is 1. The molecule has 1 heterocycles. The number of carbonyl (C=O) groups excluding carboxylic acids is 1. The Kier molecular flexibility index (Phi) is 3.57. The Hall–Kier alpha value is -1.95. The van der Waals surface area contributed by atoms with Gasteiger partial charge in [-0.1, -0.05) is 11.6 Å². The fourth-order valence-electron chi connectivity index (χ4n) is 1.47. The van der Waals surface area contributed by atoms with E-state index in [0.29, 0.717) is 12.3 Å². The fourth-order valence-corrected chi connectivity index (χ4v) is 1.67. The first kappa shape index (κ1) is 12.5. The number of aromatic carboxylic acids is 1. The highest BCUT2D eigenvalue weighted by atomic mass is 35.5. The van der Waals surface area contributed by atoms with Crippen molar-refractivity contribution in [2.24, 2.45) is 0 Å². The molecule has 0 aromatic heterocycles. The maximum absolute atomic E-state index is 10.9. The van der Waals surface area contributed by atoms with Crippen molar-refractivity contribution in [1.29, 1.82) is 0 Å². The third-order valence-corrected chi connectivity index (χ3v) is 2.68. The molecule has 18 heavy (non-hydrogen) atoms. The maximum atomic E-state index is 10.9. The lowest BCUT2D eigenvalue weighted by Crippen LogP contribution is -2.22. The Morgan fingerprint density at radius 1 is 1.61 bits per heavy atom. The Morgan fingerprint density at radius 3 is 3.00 bits per heavy atom. The molecular weight excluding hydrogens is 262 g/mol. The molecule has 1 unspecified atom stereocenters. The van der Waals surface area contributed by atoms with Gasteiger partial charge in [0.1, 0.15) is 12.4 Å². The molecule has 0 spiro atoms. The van der Waals surface area contributed by atoms with Gasteiger partial charge in [0.15, 0.2) is 6.10 Å². The van der Waals surface area contributed by atoms with E-state index in [0.717, 1.165) is 0 Å². The number of carboxylic acids is 1. The summed E-state index contributed by atoms with van der Waals surface area (Å²) in [7, 11) is 0. The molecule has 0 radical (unpaired) electrons. The maximum Gasteiger partial charge on any atom is 0.407 e. The largest absolute Gasteiger partial charge is 0.490 e. The summed E-state index contributed by atoms with van der Waals surface area (Å²) in [6, 6.07) is 4.33. The number of rotatable bonds is 4. The van der Waals surface area contributed by atoms with E-state index in [1.807, 2.05) is 0 Å². The number of carboxylic acid groups (broad SMARTS) is 1. The van der Waals surface area contributed by atoms with Gasteiger partial charge in [-0.3, -0.25) is 0 Å². The van der Waals surface area contributed by atoms with Crippen molar-refractivity contribution in [3.05, 3.63) is 28.8 Å². The molecule has 2 rings (SSSR count). The lowest BCUT2D eigenvalue weighted by atomic mass is 10.2. The molecule has 2 N–H and O–H groups in total. The molecule has 1 aliphatic heterocycles. The van der Waals surface area contributed by atoms with Crippen molar-refractivity contribution in [2.75, 3.05) is 13.2 Å². The molecule has 1 fully saturated rings. The predicted octanol–water partition coefficient (Wildman–Crippen LogP) is 1.53. The van der Waals surface area contributed by atoms with Crippen LogP contribution in [0.15, 0.2) is 18.2 Å². The van der Waals surface area contributed by atoms with E-state index in [1.165, 1.54) is 12.1 Å². The summed E-state index contributed by atoms with van der Waals surface area (Å²) in [5, 5.41) is 11.5. The average molecular weight is 272 g/mol. The van der Waals surface area contributed by atoms with Gasteiger partial charge in [0, 0.05) is 0 Å². The van der Waals surface area contributed by atoms with E-state index < -0.39 is 12.1 Å². The number of benzene rings is 1. The molecule has 0 saturated carbocycles. The second-order valence-corrected chi connectivity index (χ2v) is 4.07. The van der Waals surface area contributed by atoms with Crippen LogP contribution in [0.25, 0.3) is 0 Å². The van der Waals surface area contributed by atoms with Crippen LogP contribution < -0.4 is 10.1 Å². The molecule has 7 heteroatoms. The van der Waals surface area contributed by atoms with Gasteiger partial charge in [-0.05, 0) is 18.2 Å². The first-order valence-corrected chi connectivity index (χ1v) is 5.54. The lowest BCUT2D eigenvalue weighted by molar-refractivity contribution is 0.0696. The molecule has 6 nitrogen and oxygen atoms in total.